The van der Waals surface area contributed by atoms with Crippen LogP contribution >= 0.6 is 27.5 Å². The van der Waals surface area contributed by atoms with E-state index in [0.29, 0.717) is 17.2 Å². The fourth-order valence-electron chi connectivity index (χ4n) is 1.16. The Morgan fingerprint density at radius 2 is 2.27 bits per heavy atom. The molecule has 3 nitrogen and oxygen atoms in total. The third-order valence-electron chi connectivity index (χ3n) is 1.94. The Hall–Kier alpha value is -0.420. The lowest BCUT2D eigenvalue weighted by Crippen LogP contribution is -2.13. The van der Waals surface area contributed by atoms with Crippen LogP contribution in [0.5, 0.6) is 0 Å². The molecule has 0 saturated heterocycles. The van der Waals surface area contributed by atoms with Crippen molar-refractivity contribution in [2.45, 2.75) is 6.61 Å². The number of ether oxygens (including phenoxy) is 1. The molecule has 0 saturated carbocycles. The molecule has 0 radical (unpaired) electrons. The molecule has 2 N–H and O–H groups in total. The lowest BCUT2D eigenvalue weighted by Gasteiger charge is -2.08. The summed E-state index contributed by atoms with van der Waals surface area (Å²) in [6.07, 6.45) is 0. The molecule has 0 amide bonds. The molecule has 1 aromatic carbocycles. The van der Waals surface area contributed by atoms with Crippen molar-refractivity contribution < 1.29 is 9.53 Å². The smallest absolute Gasteiger partial charge is 0.176 e. The highest BCUT2D eigenvalue weighted by atomic mass is 79.9. The van der Waals surface area contributed by atoms with E-state index >= 15 is 0 Å². The quantitative estimate of drug-likeness (QED) is 0.867. The Bertz CT molecular complexity index is 359. The van der Waals surface area contributed by atoms with Crippen LogP contribution in [0.4, 0.5) is 0 Å². The number of hydrogen-bond donors (Lipinski definition) is 1. The summed E-state index contributed by atoms with van der Waals surface area (Å²) in [6, 6.07) is 3.31. The maximum atomic E-state index is 11.4. The third-order valence-corrected chi connectivity index (χ3v) is 2.98. The van der Waals surface area contributed by atoms with Crippen LogP contribution in [-0.4, -0.2) is 19.4 Å². The van der Waals surface area contributed by atoms with Gasteiger partial charge in [0.2, 0.25) is 0 Å². The minimum atomic E-state index is -0.137. The standard InChI is InChI=1S/C10H11BrClNO2/c1-15-5-7-8(11)2-6(3-9(7)12)10(14)4-13/h2-3H,4-5,13H2,1H3. The molecule has 0 fully saturated rings. The first-order chi connectivity index (χ1) is 7.10. The van der Waals surface area contributed by atoms with Crippen LogP contribution in [0.15, 0.2) is 16.6 Å². The maximum absolute atomic E-state index is 11.4. The van der Waals surface area contributed by atoms with Gasteiger partial charge in [-0.05, 0) is 12.1 Å². The minimum absolute atomic E-state index is 0.0214. The predicted octanol–water partition coefficient (Wildman–Crippen LogP) is 2.39. The number of ketones is 1. The highest BCUT2D eigenvalue weighted by molar-refractivity contribution is 9.10. The summed E-state index contributed by atoms with van der Waals surface area (Å²) in [4.78, 5) is 11.4. The molecule has 0 aromatic heterocycles. The molecule has 0 aliphatic heterocycles. The van der Waals surface area contributed by atoms with Crippen LogP contribution in [0.1, 0.15) is 15.9 Å². The van der Waals surface area contributed by atoms with Crippen LogP contribution in [0.25, 0.3) is 0 Å². The van der Waals surface area contributed by atoms with Gasteiger partial charge >= 0.3 is 0 Å². The van der Waals surface area contributed by atoms with Gasteiger partial charge in [0.1, 0.15) is 0 Å². The zero-order chi connectivity index (χ0) is 11.4. The van der Waals surface area contributed by atoms with Crippen LogP contribution in [0.2, 0.25) is 5.02 Å². The molecule has 0 atom stereocenters. The van der Waals surface area contributed by atoms with Gasteiger partial charge in [0.15, 0.2) is 5.78 Å². The van der Waals surface area contributed by atoms with Crippen molar-refractivity contribution in [3.63, 3.8) is 0 Å². The number of Topliss-reactive ketones (excluding diaryl/α,β-unsaturated/α-hetero) is 1. The van der Waals surface area contributed by atoms with E-state index in [4.69, 9.17) is 22.1 Å². The van der Waals surface area contributed by atoms with Crippen molar-refractivity contribution in [2.24, 2.45) is 5.73 Å². The number of nitrogens with two attached hydrogens (primary N) is 1. The van der Waals surface area contributed by atoms with Gasteiger partial charge in [-0.15, -0.1) is 0 Å². The SMILES string of the molecule is COCc1c(Cl)cc(C(=O)CN)cc1Br. The van der Waals surface area contributed by atoms with Crippen molar-refractivity contribution >= 4 is 33.3 Å². The number of carbonyl (C=O) groups is 1. The minimum Gasteiger partial charge on any atom is -0.380 e. The Kier molecular flexibility index (Phi) is 4.73. The molecular weight excluding hydrogens is 281 g/mol. The van der Waals surface area contributed by atoms with Gasteiger partial charge in [0, 0.05) is 27.7 Å². The van der Waals surface area contributed by atoms with Crippen LogP contribution in [-0.2, 0) is 11.3 Å². The van der Waals surface area contributed by atoms with E-state index in [0.717, 1.165) is 10.0 Å². The summed E-state index contributed by atoms with van der Waals surface area (Å²) in [5.41, 5.74) is 6.60. The van der Waals surface area contributed by atoms with E-state index < -0.39 is 0 Å². The van der Waals surface area contributed by atoms with E-state index in [1.54, 1.807) is 19.2 Å². The monoisotopic (exact) mass is 291 g/mol. The third kappa shape index (κ3) is 3.01. The van der Waals surface area contributed by atoms with Crippen molar-refractivity contribution in [2.75, 3.05) is 13.7 Å². The number of hydrogen-bond acceptors (Lipinski definition) is 3. The van der Waals surface area contributed by atoms with Gasteiger partial charge in [-0.25, -0.2) is 0 Å². The number of carbonyl (C=O) groups excluding carboxylic acids is 1. The Morgan fingerprint density at radius 3 is 2.73 bits per heavy atom. The summed E-state index contributed by atoms with van der Waals surface area (Å²) < 4.78 is 5.75. The Labute approximate surface area is 102 Å². The molecule has 82 valence electrons. The van der Waals surface area contributed by atoms with Crippen molar-refractivity contribution in [1.82, 2.24) is 0 Å². The van der Waals surface area contributed by atoms with E-state index in [-0.39, 0.29) is 12.3 Å². The summed E-state index contributed by atoms with van der Waals surface area (Å²) in [5, 5.41) is 0.503. The van der Waals surface area contributed by atoms with E-state index in [9.17, 15) is 4.79 Å². The van der Waals surface area contributed by atoms with Crippen molar-refractivity contribution in [3.8, 4) is 0 Å². The van der Waals surface area contributed by atoms with Gasteiger partial charge in [-0.1, -0.05) is 27.5 Å². The molecule has 0 aliphatic carbocycles. The molecule has 0 unspecified atom stereocenters. The molecule has 1 rings (SSSR count). The molecule has 1 aromatic rings. The Morgan fingerprint density at radius 1 is 1.60 bits per heavy atom. The number of methoxy groups -OCH3 is 1. The second-order valence-corrected chi connectivity index (χ2v) is 4.24. The highest BCUT2D eigenvalue weighted by Gasteiger charge is 2.11. The van der Waals surface area contributed by atoms with Crippen LogP contribution in [0.3, 0.4) is 0 Å². The average Bonchev–Trinajstić information content (AvgIpc) is 2.22. The summed E-state index contributed by atoms with van der Waals surface area (Å²) in [7, 11) is 1.59. The lowest BCUT2D eigenvalue weighted by atomic mass is 10.1. The summed E-state index contributed by atoms with van der Waals surface area (Å²) >= 11 is 9.35. The van der Waals surface area contributed by atoms with E-state index in [1.807, 2.05) is 0 Å². The molecule has 0 aliphatic rings. The number of rotatable bonds is 4. The molecule has 0 spiro atoms. The molecule has 15 heavy (non-hydrogen) atoms. The van der Waals surface area contributed by atoms with Gasteiger partial charge in [-0.3, -0.25) is 4.79 Å². The Balaban J connectivity index is 3.13. The first-order valence-corrected chi connectivity index (χ1v) is 5.47. The maximum Gasteiger partial charge on any atom is 0.176 e. The zero-order valence-corrected chi connectivity index (χ0v) is 10.6. The average molecular weight is 293 g/mol. The second kappa shape index (κ2) is 5.61. The van der Waals surface area contributed by atoms with E-state index in [2.05, 4.69) is 15.9 Å². The van der Waals surface area contributed by atoms with Crippen LogP contribution < -0.4 is 5.73 Å². The lowest BCUT2D eigenvalue weighted by molar-refractivity contribution is 0.100. The fraction of sp³-hybridized carbons (Fsp3) is 0.300. The first-order valence-electron chi connectivity index (χ1n) is 4.30. The topological polar surface area (TPSA) is 52.3 Å². The van der Waals surface area contributed by atoms with E-state index in [1.165, 1.54) is 0 Å². The second-order valence-electron chi connectivity index (χ2n) is 2.98. The van der Waals surface area contributed by atoms with Gasteiger partial charge < -0.3 is 10.5 Å². The fourth-order valence-corrected chi connectivity index (χ4v) is 2.13. The largest absolute Gasteiger partial charge is 0.380 e. The molecule has 5 heteroatoms. The van der Waals surface area contributed by atoms with Gasteiger partial charge in [-0.2, -0.15) is 0 Å². The molecule has 0 heterocycles. The summed E-state index contributed by atoms with van der Waals surface area (Å²) in [5.74, 6) is -0.137. The number of halogens is 2. The zero-order valence-electron chi connectivity index (χ0n) is 8.22. The predicted molar refractivity (Wildman–Crippen MR) is 63.2 cm³/mol. The first kappa shape index (κ1) is 12.6. The normalized spacial score (nSPS) is 10.4. The van der Waals surface area contributed by atoms with Crippen LogP contribution in [0, 0.1) is 0 Å². The van der Waals surface area contributed by atoms with Crippen molar-refractivity contribution in [3.05, 3.63) is 32.8 Å². The molecule has 0 bridgehead atoms. The highest BCUT2D eigenvalue weighted by Crippen LogP contribution is 2.27. The van der Waals surface area contributed by atoms with Gasteiger partial charge in [0.05, 0.1) is 13.2 Å². The number of benzene rings is 1. The van der Waals surface area contributed by atoms with Crippen molar-refractivity contribution in [1.29, 1.82) is 0 Å². The molecular formula is C10H11BrClNO2. The van der Waals surface area contributed by atoms with Gasteiger partial charge in [0.25, 0.3) is 0 Å². The summed E-state index contributed by atoms with van der Waals surface area (Å²) in [6.45, 7) is 0.378.